The largest absolute Gasteiger partial charge is 0.493 e. The predicted molar refractivity (Wildman–Crippen MR) is 85.3 cm³/mol. The summed E-state index contributed by atoms with van der Waals surface area (Å²) in [7, 11) is 3.21. The van der Waals surface area contributed by atoms with Crippen LogP contribution in [0.1, 0.15) is 12.6 Å². The van der Waals surface area contributed by atoms with Crippen molar-refractivity contribution in [3.63, 3.8) is 0 Å². The number of hydrogen-bond acceptors (Lipinski definition) is 6. The van der Waals surface area contributed by atoms with Gasteiger partial charge in [0.1, 0.15) is 0 Å². The van der Waals surface area contributed by atoms with Crippen molar-refractivity contribution < 1.29 is 14.2 Å². The predicted octanol–water partition coefficient (Wildman–Crippen LogP) is 3.18. The van der Waals surface area contributed by atoms with E-state index in [0.717, 1.165) is 22.0 Å². The molecule has 0 aliphatic heterocycles. The van der Waals surface area contributed by atoms with Gasteiger partial charge < -0.3 is 14.2 Å². The lowest BCUT2D eigenvalue weighted by atomic mass is 10.1. The van der Waals surface area contributed by atoms with E-state index in [-0.39, 0.29) is 0 Å². The maximum Gasteiger partial charge on any atom is 0.216 e. The van der Waals surface area contributed by atoms with E-state index in [1.807, 2.05) is 30.4 Å². The molecule has 0 spiro atoms. The minimum Gasteiger partial charge on any atom is -0.493 e. The average Bonchev–Trinajstić information content (AvgIpc) is 3.11. The summed E-state index contributed by atoms with van der Waals surface area (Å²) >= 11 is 1.56. The van der Waals surface area contributed by atoms with E-state index < -0.39 is 0 Å². The zero-order valence-corrected chi connectivity index (χ0v) is 13.7. The first-order valence-corrected chi connectivity index (χ1v) is 7.76. The first kappa shape index (κ1) is 14.6. The van der Waals surface area contributed by atoms with E-state index in [0.29, 0.717) is 23.9 Å². The van der Waals surface area contributed by atoms with Gasteiger partial charge in [-0.3, -0.25) is 4.40 Å². The van der Waals surface area contributed by atoms with Gasteiger partial charge in [0, 0.05) is 16.6 Å². The lowest BCUT2D eigenvalue weighted by Crippen LogP contribution is -2.00. The summed E-state index contributed by atoms with van der Waals surface area (Å²) in [6, 6.07) is 3.78. The van der Waals surface area contributed by atoms with Crippen LogP contribution in [-0.2, 0) is 0 Å². The fourth-order valence-corrected chi connectivity index (χ4v) is 3.14. The SMILES string of the molecule is CCOc1c(OC)cc(-c2nnc3scc(C)n23)cc1OC. The lowest BCUT2D eigenvalue weighted by molar-refractivity contribution is 0.288. The van der Waals surface area contributed by atoms with Crippen LogP contribution in [0.4, 0.5) is 0 Å². The molecule has 116 valence electrons. The Morgan fingerprint density at radius 2 is 1.82 bits per heavy atom. The van der Waals surface area contributed by atoms with Gasteiger partial charge in [-0.25, -0.2) is 0 Å². The Morgan fingerprint density at radius 1 is 1.14 bits per heavy atom. The number of nitrogens with zero attached hydrogens (tertiary/aromatic N) is 3. The third kappa shape index (κ3) is 2.27. The summed E-state index contributed by atoms with van der Waals surface area (Å²) in [6.07, 6.45) is 0. The van der Waals surface area contributed by atoms with E-state index in [2.05, 4.69) is 15.6 Å². The number of benzene rings is 1. The van der Waals surface area contributed by atoms with Crippen molar-refractivity contribution in [1.82, 2.24) is 14.6 Å². The van der Waals surface area contributed by atoms with Gasteiger partial charge in [-0.2, -0.15) is 0 Å². The molecule has 2 aromatic heterocycles. The maximum atomic E-state index is 5.63. The fourth-order valence-electron chi connectivity index (χ4n) is 2.34. The van der Waals surface area contributed by atoms with Gasteiger partial charge in [0.25, 0.3) is 0 Å². The van der Waals surface area contributed by atoms with E-state index in [9.17, 15) is 0 Å². The summed E-state index contributed by atoms with van der Waals surface area (Å²) in [5.74, 6) is 2.58. The molecule has 0 atom stereocenters. The van der Waals surface area contributed by atoms with Gasteiger partial charge in [-0.1, -0.05) is 0 Å². The molecular formula is C15H17N3O3S. The minimum absolute atomic E-state index is 0.533. The van der Waals surface area contributed by atoms with Crippen molar-refractivity contribution in [2.75, 3.05) is 20.8 Å². The van der Waals surface area contributed by atoms with Crippen molar-refractivity contribution >= 4 is 16.3 Å². The third-order valence-electron chi connectivity index (χ3n) is 3.33. The summed E-state index contributed by atoms with van der Waals surface area (Å²) in [5, 5.41) is 10.5. The topological polar surface area (TPSA) is 57.9 Å². The molecule has 2 heterocycles. The van der Waals surface area contributed by atoms with Gasteiger partial charge in [0.05, 0.1) is 20.8 Å². The fraction of sp³-hybridized carbons (Fsp3) is 0.333. The number of rotatable bonds is 5. The molecule has 3 aromatic rings. The normalized spacial score (nSPS) is 10.9. The van der Waals surface area contributed by atoms with Crippen LogP contribution in [0.3, 0.4) is 0 Å². The van der Waals surface area contributed by atoms with Gasteiger partial charge in [-0.15, -0.1) is 21.5 Å². The number of methoxy groups -OCH3 is 2. The highest BCUT2D eigenvalue weighted by atomic mass is 32.1. The van der Waals surface area contributed by atoms with Crippen LogP contribution in [-0.4, -0.2) is 35.4 Å². The Balaban J connectivity index is 2.20. The zero-order valence-electron chi connectivity index (χ0n) is 12.9. The van der Waals surface area contributed by atoms with Crippen molar-refractivity contribution in [3.05, 3.63) is 23.2 Å². The monoisotopic (exact) mass is 319 g/mol. The molecule has 3 rings (SSSR count). The number of aromatic nitrogens is 3. The molecule has 6 nitrogen and oxygen atoms in total. The zero-order chi connectivity index (χ0) is 15.7. The second kappa shape index (κ2) is 5.84. The van der Waals surface area contributed by atoms with Gasteiger partial charge in [-0.05, 0) is 26.0 Å². The Kier molecular flexibility index (Phi) is 3.89. The van der Waals surface area contributed by atoms with E-state index in [4.69, 9.17) is 14.2 Å². The molecule has 0 N–H and O–H groups in total. The van der Waals surface area contributed by atoms with Crippen LogP contribution in [0, 0.1) is 6.92 Å². The van der Waals surface area contributed by atoms with Gasteiger partial charge in [0.2, 0.25) is 10.7 Å². The number of aryl methyl sites for hydroxylation is 1. The smallest absolute Gasteiger partial charge is 0.216 e. The second-order valence-electron chi connectivity index (χ2n) is 4.66. The Labute approximate surface area is 132 Å². The summed E-state index contributed by atoms with van der Waals surface area (Å²) < 4.78 is 18.5. The summed E-state index contributed by atoms with van der Waals surface area (Å²) in [4.78, 5) is 0.860. The molecule has 22 heavy (non-hydrogen) atoms. The molecule has 0 radical (unpaired) electrons. The Bertz CT molecular complexity index is 785. The first-order valence-electron chi connectivity index (χ1n) is 6.88. The highest BCUT2D eigenvalue weighted by Crippen LogP contribution is 2.41. The summed E-state index contributed by atoms with van der Waals surface area (Å²) in [5.41, 5.74) is 1.96. The maximum absolute atomic E-state index is 5.63. The van der Waals surface area contributed by atoms with Crippen molar-refractivity contribution in [2.24, 2.45) is 0 Å². The lowest BCUT2D eigenvalue weighted by Gasteiger charge is -2.14. The van der Waals surface area contributed by atoms with Crippen molar-refractivity contribution in [3.8, 4) is 28.6 Å². The van der Waals surface area contributed by atoms with Crippen LogP contribution in [0.2, 0.25) is 0 Å². The highest BCUT2D eigenvalue weighted by Gasteiger charge is 2.18. The second-order valence-corrected chi connectivity index (χ2v) is 5.50. The van der Waals surface area contributed by atoms with Crippen LogP contribution >= 0.6 is 11.3 Å². The van der Waals surface area contributed by atoms with Crippen LogP contribution in [0.15, 0.2) is 17.5 Å². The molecule has 0 unspecified atom stereocenters. The molecular weight excluding hydrogens is 302 g/mol. The Hall–Kier alpha value is -2.28. The number of ether oxygens (including phenoxy) is 3. The van der Waals surface area contributed by atoms with Crippen molar-refractivity contribution in [2.45, 2.75) is 13.8 Å². The standard InChI is InChI=1S/C15H17N3O3S/c1-5-21-13-11(19-3)6-10(7-12(13)20-4)14-16-17-15-18(14)9(2)8-22-15/h6-8H,5H2,1-4H3. The number of thiazole rings is 1. The van der Waals surface area contributed by atoms with E-state index in [1.54, 1.807) is 25.6 Å². The van der Waals surface area contributed by atoms with Crippen LogP contribution < -0.4 is 14.2 Å². The summed E-state index contributed by atoms with van der Waals surface area (Å²) in [6.45, 7) is 4.48. The molecule has 1 aromatic carbocycles. The molecule has 0 aliphatic carbocycles. The molecule has 0 aliphatic rings. The number of hydrogen-bond donors (Lipinski definition) is 0. The average molecular weight is 319 g/mol. The van der Waals surface area contributed by atoms with Crippen LogP contribution in [0.5, 0.6) is 17.2 Å². The van der Waals surface area contributed by atoms with Gasteiger partial charge >= 0.3 is 0 Å². The number of fused-ring (bicyclic) bond motifs is 1. The quantitative estimate of drug-likeness (QED) is 0.723. The Morgan fingerprint density at radius 3 is 2.41 bits per heavy atom. The van der Waals surface area contributed by atoms with Crippen LogP contribution in [0.25, 0.3) is 16.3 Å². The molecule has 0 bridgehead atoms. The first-order chi connectivity index (χ1) is 10.7. The molecule has 7 heteroatoms. The minimum atomic E-state index is 0.533. The highest BCUT2D eigenvalue weighted by molar-refractivity contribution is 7.15. The molecule has 0 saturated carbocycles. The van der Waals surface area contributed by atoms with Gasteiger partial charge in [0.15, 0.2) is 17.3 Å². The van der Waals surface area contributed by atoms with E-state index in [1.165, 1.54) is 0 Å². The molecule has 0 amide bonds. The van der Waals surface area contributed by atoms with E-state index >= 15 is 0 Å². The molecule has 0 saturated heterocycles. The molecule has 0 fully saturated rings. The third-order valence-corrected chi connectivity index (χ3v) is 4.26. The van der Waals surface area contributed by atoms with Crippen molar-refractivity contribution in [1.29, 1.82) is 0 Å².